The van der Waals surface area contributed by atoms with E-state index in [4.69, 9.17) is 5.26 Å². The van der Waals surface area contributed by atoms with E-state index in [0.717, 1.165) is 43.6 Å². The number of nitrogens with zero attached hydrogens (tertiary/aromatic N) is 2. The molecule has 0 spiro atoms. The van der Waals surface area contributed by atoms with E-state index in [-0.39, 0.29) is 5.41 Å². The Bertz CT molecular complexity index is 611. The van der Waals surface area contributed by atoms with Crippen molar-refractivity contribution in [3.05, 3.63) is 66.8 Å². The molecule has 0 N–H and O–H groups in total. The molecule has 1 aliphatic rings. The van der Waals surface area contributed by atoms with Crippen molar-refractivity contribution in [2.75, 3.05) is 19.6 Å². The maximum atomic E-state index is 8.93. The van der Waals surface area contributed by atoms with E-state index in [9.17, 15) is 0 Å². The number of likely N-dealkylation sites (tertiary alicyclic amines) is 1. The van der Waals surface area contributed by atoms with Crippen LogP contribution in [0.25, 0.3) is 5.57 Å². The van der Waals surface area contributed by atoms with Gasteiger partial charge in [0.2, 0.25) is 0 Å². The van der Waals surface area contributed by atoms with Crippen molar-refractivity contribution in [3.63, 3.8) is 0 Å². The molecular formula is C23H32N2. The Kier molecular flexibility index (Phi) is 8.95. The van der Waals surface area contributed by atoms with Crippen LogP contribution in [0.4, 0.5) is 0 Å². The fourth-order valence-corrected chi connectivity index (χ4v) is 3.06. The highest BCUT2D eigenvalue weighted by Gasteiger charge is 2.29. The quantitative estimate of drug-likeness (QED) is 0.609. The summed E-state index contributed by atoms with van der Waals surface area (Å²) in [6.45, 7) is 17.3. The smallest absolute Gasteiger partial charge is 0.0627 e. The zero-order valence-electron chi connectivity index (χ0n) is 16.1. The molecule has 1 fully saturated rings. The number of piperidine rings is 1. The first kappa shape index (κ1) is 20.9. The molecule has 0 bridgehead atoms. The van der Waals surface area contributed by atoms with Crippen LogP contribution in [0.2, 0.25) is 0 Å². The van der Waals surface area contributed by atoms with Gasteiger partial charge >= 0.3 is 0 Å². The largest absolute Gasteiger partial charge is 0.299 e. The molecule has 25 heavy (non-hydrogen) atoms. The van der Waals surface area contributed by atoms with Gasteiger partial charge in [-0.1, -0.05) is 76.4 Å². The number of hydrogen-bond donors (Lipinski definition) is 0. The summed E-state index contributed by atoms with van der Waals surface area (Å²) in [4.78, 5) is 2.43. The van der Waals surface area contributed by atoms with Gasteiger partial charge in [0.15, 0.2) is 0 Å². The SMILES string of the molecule is C=C/C(=C\C(=C)CN1CCC(C)(CC#N)CC1)c1ccccc1.CC. The fourth-order valence-electron chi connectivity index (χ4n) is 3.06. The topological polar surface area (TPSA) is 27.0 Å². The third-order valence-corrected chi connectivity index (χ3v) is 4.68. The molecule has 2 heteroatoms. The second-order valence-corrected chi connectivity index (χ2v) is 6.75. The van der Waals surface area contributed by atoms with Gasteiger partial charge in [-0.2, -0.15) is 5.26 Å². The van der Waals surface area contributed by atoms with E-state index in [1.54, 1.807) is 0 Å². The minimum absolute atomic E-state index is 0.193. The maximum Gasteiger partial charge on any atom is 0.0627 e. The highest BCUT2D eigenvalue weighted by Crippen LogP contribution is 2.34. The third kappa shape index (κ3) is 6.72. The van der Waals surface area contributed by atoms with Crippen molar-refractivity contribution < 1.29 is 0 Å². The molecule has 1 aliphatic heterocycles. The monoisotopic (exact) mass is 336 g/mol. The molecule has 0 radical (unpaired) electrons. The maximum absolute atomic E-state index is 8.93. The van der Waals surface area contributed by atoms with Crippen molar-refractivity contribution in [2.24, 2.45) is 5.41 Å². The van der Waals surface area contributed by atoms with Gasteiger partial charge in [0.25, 0.3) is 0 Å². The zero-order valence-corrected chi connectivity index (χ0v) is 16.1. The highest BCUT2D eigenvalue weighted by molar-refractivity contribution is 5.75. The average molecular weight is 337 g/mol. The Morgan fingerprint density at radius 1 is 1.24 bits per heavy atom. The van der Waals surface area contributed by atoms with Crippen LogP contribution in [-0.4, -0.2) is 24.5 Å². The molecular weight excluding hydrogens is 304 g/mol. The van der Waals surface area contributed by atoms with E-state index in [1.807, 2.05) is 38.1 Å². The molecule has 2 rings (SSSR count). The molecule has 0 unspecified atom stereocenters. The summed E-state index contributed by atoms with van der Waals surface area (Å²) in [6, 6.07) is 12.6. The summed E-state index contributed by atoms with van der Waals surface area (Å²) >= 11 is 0. The van der Waals surface area contributed by atoms with Crippen molar-refractivity contribution in [3.8, 4) is 6.07 Å². The average Bonchev–Trinajstić information content (AvgIpc) is 2.64. The number of benzene rings is 1. The Morgan fingerprint density at radius 2 is 1.84 bits per heavy atom. The summed E-state index contributed by atoms with van der Waals surface area (Å²) in [5.41, 5.74) is 3.58. The van der Waals surface area contributed by atoms with Crippen molar-refractivity contribution in [2.45, 2.75) is 40.0 Å². The van der Waals surface area contributed by atoms with Gasteiger partial charge in [0, 0.05) is 13.0 Å². The Hall–Kier alpha value is -2.11. The van der Waals surface area contributed by atoms with Crippen molar-refractivity contribution in [1.29, 1.82) is 5.26 Å². The predicted octanol–water partition coefficient (Wildman–Crippen LogP) is 5.85. The van der Waals surface area contributed by atoms with Gasteiger partial charge in [0.05, 0.1) is 6.07 Å². The second kappa shape index (κ2) is 10.7. The zero-order chi connectivity index (χ0) is 18.7. The third-order valence-electron chi connectivity index (χ3n) is 4.68. The number of nitriles is 1. The van der Waals surface area contributed by atoms with Crippen LogP contribution in [0.3, 0.4) is 0 Å². The van der Waals surface area contributed by atoms with Crippen molar-refractivity contribution in [1.82, 2.24) is 4.90 Å². The van der Waals surface area contributed by atoms with Crippen LogP contribution in [0.5, 0.6) is 0 Å². The van der Waals surface area contributed by atoms with Crippen LogP contribution < -0.4 is 0 Å². The summed E-state index contributed by atoms with van der Waals surface area (Å²) in [5, 5.41) is 8.93. The first-order valence-corrected chi connectivity index (χ1v) is 9.23. The van der Waals surface area contributed by atoms with E-state index >= 15 is 0 Å². The van der Waals surface area contributed by atoms with E-state index in [2.05, 4.69) is 49.3 Å². The molecule has 0 atom stereocenters. The summed E-state index contributed by atoms with van der Waals surface area (Å²) in [7, 11) is 0. The molecule has 1 aromatic carbocycles. The lowest BCUT2D eigenvalue weighted by Gasteiger charge is -2.38. The van der Waals surface area contributed by atoms with Gasteiger partial charge in [-0.15, -0.1) is 0 Å². The first-order valence-electron chi connectivity index (χ1n) is 9.23. The molecule has 134 valence electrons. The van der Waals surface area contributed by atoms with Gasteiger partial charge < -0.3 is 0 Å². The fraction of sp³-hybridized carbons (Fsp3) is 0.435. The van der Waals surface area contributed by atoms with Crippen LogP contribution >= 0.6 is 0 Å². The first-order chi connectivity index (χ1) is 12.1. The van der Waals surface area contributed by atoms with Crippen LogP contribution in [0.15, 0.2) is 61.2 Å². The van der Waals surface area contributed by atoms with Crippen LogP contribution in [0, 0.1) is 16.7 Å². The lowest BCUT2D eigenvalue weighted by Crippen LogP contribution is -2.39. The minimum Gasteiger partial charge on any atom is -0.299 e. The van der Waals surface area contributed by atoms with Crippen LogP contribution in [0.1, 0.15) is 45.6 Å². The number of hydrogen-bond acceptors (Lipinski definition) is 2. The molecule has 0 saturated carbocycles. The minimum atomic E-state index is 0.193. The molecule has 1 aromatic rings. The molecule has 0 amide bonds. The van der Waals surface area contributed by atoms with Gasteiger partial charge in [-0.3, -0.25) is 4.90 Å². The van der Waals surface area contributed by atoms with Gasteiger partial charge in [-0.05, 0) is 48.1 Å². The summed E-state index contributed by atoms with van der Waals surface area (Å²) in [6.07, 6.45) is 6.86. The molecule has 0 aromatic heterocycles. The number of rotatable bonds is 6. The molecule has 0 aliphatic carbocycles. The summed E-state index contributed by atoms with van der Waals surface area (Å²) in [5.74, 6) is 0. The number of allylic oxidation sites excluding steroid dienone is 2. The van der Waals surface area contributed by atoms with Gasteiger partial charge in [0.1, 0.15) is 0 Å². The molecule has 2 nitrogen and oxygen atoms in total. The second-order valence-electron chi connectivity index (χ2n) is 6.75. The van der Waals surface area contributed by atoms with Gasteiger partial charge in [-0.25, -0.2) is 0 Å². The standard InChI is InChI=1S/C21H26N2.C2H6/c1-4-19(20-8-6-5-7-9-20)16-18(2)17-23-14-11-21(3,10-13-22)12-15-23;1-2/h4-9,16H,1-2,10-12,14-15,17H2,3H3;1-2H3/b19-16+;. The molecule has 1 heterocycles. The lowest BCUT2D eigenvalue weighted by molar-refractivity contribution is 0.130. The van der Waals surface area contributed by atoms with E-state index in [1.165, 1.54) is 5.56 Å². The van der Waals surface area contributed by atoms with Crippen molar-refractivity contribution >= 4 is 5.57 Å². The predicted molar refractivity (Wildman–Crippen MR) is 109 cm³/mol. The highest BCUT2D eigenvalue weighted by atomic mass is 15.1. The lowest BCUT2D eigenvalue weighted by atomic mass is 9.78. The van der Waals surface area contributed by atoms with Crippen LogP contribution in [-0.2, 0) is 0 Å². The normalized spacial score (nSPS) is 17.0. The summed E-state index contributed by atoms with van der Waals surface area (Å²) < 4.78 is 0. The Balaban J connectivity index is 0.00000151. The Labute approximate surface area is 154 Å². The van der Waals surface area contributed by atoms with E-state index in [0.29, 0.717) is 6.42 Å². The Morgan fingerprint density at radius 3 is 2.36 bits per heavy atom. The molecule has 1 saturated heterocycles. The van der Waals surface area contributed by atoms with E-state index < -0.39 is 0 Å².